The highest BCUT2D eigenvalue weighted by Crippen LogP contribution is 2.16. The first-order valence-electron chi connectivity index (χ1n) is 9.02. The van der Waals surface area contributed by atoms with Crippen LogP contribution in [0.5, 0.6) is 0 Å². The van der Waals surface area contributed by atoms with Crippen LogP contribution >= 0.6 is 0 Å². The minimum atomic E-state index is -0.128. The lowest BCUT2D eigenvalue weighted by molar-refractivity contribution is 0.0637. The summed E-state index contributed by atoms with van der Waals surface area (Å²) in [7, 11) is 0. The van der Waals surface area contributed by atoms with Crippen LogP contribution in [0.2, 0.25) is 0 Å². The van der Waals surface area contributed by atoms with Crippen molar-refractivity contribution in [2.45, 2.75) is 27.3 Å². The van der Waals surface area contributed by atoms with E-state index in [4.69, 9.17) is 0 Å². The predicted octanol–water partition coefficient (Wildman–Crippen LogP) is 1.83. The topological polar surface area (TPSA) is 58.4 Å². The predicted molar refractivity (Wildman–Crippen MR) is 98.9 cm³/mol. The number of nitrogens with zero attached hydrogens (tertiary/aromatic N) is 4. The Bertz CT molecular complexity index is 820. The van der Waals surface area contributed by atoms with Crippen LogP contribution in [0.4, 0.5) is 0 Å². The molecule has 2 aromatic rings. The van der Waals surface area contributed by atoms with Gasteiger partial charge in [-0.05, 0) is 18.5 Å². The average molecular weight is 342 g/mol. The van der Waals surface area contributed by atoms with Crippen LogP contribution in [0.1, 0.15) is 31.3 Å². The van der Waals surface area contributed by atoms with E-state index < -0.39 is 0 Å². The van der Waals surface area contributed by atoms with Crippen LogP contribution in [0.3, 0.4) is 0 Å². The van der Waals surface area contributed by atoms with Crippen molar-refractivity contribution in [2.24, 2.45) is 5.92 Å². The highest BCUT2D eigenvalue weighted by molar-refractivity contribution is 6.04. The molecule has 6 nitrogen and oxygen atoms in total. The van der Waals surface area contributed by atoms with E-state index in [0.717, 1.165) is 19.6 Å². The number of fused-ring (bicyclic) bond motifs is 1. The van der Waals surface area contributed by atoms with E-state index >= 15 is 0 Å². The van der Waals surface area contributed by atoms with Gasteiger partial charge in [0.15, 0.2) is 5.69 Å². The first-order chi connectivity index (χ1) is 12.0. The number of piperazine rings is 1. The van der Waals surface area contributed by atoms with E-state index in [2.05, 4.69) is 16.9 Å². The van der Waals surface area contributed by atoms with E-state index in [1.807, 2.05) is 36.9 Å². The summed E-state index contributed by atoms with van der Waals surface area (Å²) in [5, 5.41) is 5.67. The van der Waals surface area contributed by atoms with Crippen molar-refractivity contribution < 1.29 is 4.79 Å². The van der Waals surface area contributed by atoms with E-state index in [-0.39, 0.29) is 17.4 Å². The van der Waals surface area contributed by atoms with Crippen molar-refractivity contribution in [1.29, 1.82) is 0 Å². The van der Waals surface area contributed by atoms with E-state index in [0.29, 0.717) is 36.1 Å². The Kier molecular flexibility index (Phi) is 5.18. The molecule has 0 aliphatic carbocycles. The van der Waals surface area contributed by atoms with Crippen LogP contribution < -0.4 is 5.56 Å². The molecule has 0 saturated carbocycles. The molecule has 0 spiro atoms. The summed E-state index contributed by atoms with van der Waals surface area (Å²) in [4.78, 5) is 29.9. The van der Waals surface area contributed by atoms with Gasteiger partial charge < -0.3 is 9.80 Å². The summed E-state index contributed by atoms with van der Waals surface area (Å²) >= 11 is 0. The Labute approximate surface area is 148 Å². The molecule has 1 aromatic heterocycles. The van der Waals surface area contributed by atoms with Gasteiger partial charge in [-0.25, -0.2) is 4.68 Å². The lowest BCUT2D eigenvalue weighted by atomic mass is 10.1. The number of carbonyl (C=O) groups excluding carboxylic acids is 1. The van der Waals surface area contributed by atoms with Crippen LogP contribution in [0.25, 0.3) is 10.8 Å². The molecular weight excluding hydrogens is 316 g/mol. The Hall–Kier alpha value is -2.21. The summed E-state index contributed by atoms with van der Waals surface area (Å²) in [5.74, 6) is 0.201. The van der Waals surface area contributed by atoms with Crippen LogP contribution in [0, 0.1) is 5.92 Å². The van der Waals surface area contributed by atoms with Crippen molar-refractivity contribution in [1.82, 2.24) is 19.6 Å². The zero-order valence-electron chi connectivity index (χ0n) is 15.2. The molecule has 1 aliphatic rings. The highest BCUT2D eigenvalue weighted by Gasteiger charge is 2.25. The molecule has 1 fully saturated rings. The van der Waals surface area contributed by atoms with Gasteiger partial charge in [0.1, 0.15) is 0 Å². The maximum atomic E-state index is 13.1. The van der Waals surface area contributed by atoms with Gasteiger partial charge in [-0.2, -0.15) is 5.10 Å². The molecule has 0 bridgehead atoms. The summed E-state index contributed by atoms with van der Waals surface area (Å²) in [6.07, 6.45) is 0. The molecule has 0 unspecified atom stereocenters. The Morgan fingerprint density at radius 3 is 2.36 bits per heavy atom. The number of carbonyl (C=O) groups is 1. The highest BCUT2D eigenvalue weighted by atomic mass is 16.2. The lowest BCUT2D eigenvalue weighted by Gasteiger charge is -2.34. The second-order valence-electron chi connectivity index (χ2n) is 7.00. The van der Waals surface area contributed by atoms with Crippen molar-refractivity contribution in [3.05, 3.63) is 40.3 Å². The van der Waals surface area contributed by atoms with Crippen LogP contribution in [-0.2, 0) is 6.54 Å². The maximum absolute atomic E-state index is 13.1. The summed E-state index contributed by atoms with van der Waals surface area (Å²) in [6, 6.07) is 7.28. The molecule has 1 amide bonds. The fourth-order valence-corrected chi connectivity index (χ4v) is 3.28. The van der Waals surface area contributed by atoms with Crippen molar-refractivity contribution >= 4 is 16.7 Å². The second kappa shape index (κ2) is 7.35. The fraction of sp³-hybridized carbons (Fsp3) is 0.526. The molecule has 25 heavy (non-hydrogen) atoms. The van der Waals surface area contributed by atoms with Gasteiger partial charge in [0.25, 0.3) is 11.5 Å². The molecule has 0 radical (unpaired) electrons. The molecule has 1 aromatic carbocycles. The smallest absolute Gasteiger partial charge is 0.275 e. The lowest BCUT2D eigenvalue weighted by Crippen LogP contribution is -2.49. The zero-order chi connectivity index (χ0) is 18.0. The van der Waals surface area contributed by atoms with Gasteiger partial charge in [0, 0.05) is 38.1 Å². The Morgan fingerprint density at radius 1 is 1.12 bits per heavy atom. The zero-order valence-corrected chi connectivity index (χ0v) is 15.2. The number of likely N-dealkylation sites (N-methyl/N-ethyl adjacent to an activating group) is 1. The van der Waals surface area contributed by atoms with Gasteiger partial charge in [-0.15, -0.1) is 0 Å². The first-order valence-corrected chi connectivity index (χ1v) is 9.02. The average Bonchev–Trinajstić information content (AvgIpc) is 2.63. The van der Waals surface area contributed by atoms with Gasteiger partial charge in [-0.3, -0.25) is 9.59 Å². The number of hydrogen-bond acceptors (Lipinski definition) is 4. The SMILES string of the molecule is CCN1CCN(C(=O)c2nn(CC(C)C)c(=O)c3ccccc23)CC1. The second-order valence-corrected chi connectivity index (χ2v) is 7.00. The number of aromatic nitrogens is 2. The van der Waals surface area contributed by atoms with E-state index in [1.54, 1.807) is 6.07 Å². The molecule has 134 valence electrons. The van der Waals surface area contributed by atoms with E-state index in [1.165, 1.54) is 4.68 Å². The van der Waals surface area contributed by atoms with Crippen LogP contribution in [-0.4, -0.2) is 58.2 Å². The van der Waals surface area contributed by atoms with Gasteiger partial charge >= 0.3 is 0 Å². The van der Waals surface area contributed by atoms with Crippen LogP contribution in [0.15, 0.2) is 29.1 Å². The Morgan fingerprint density at radius 2 is 1.76 bits per heavy atom. The third-order valence-corrected chi connectivity index (χ3v) is 4.72. The maximum Gasteiger partial charge on any atom is 0.275 e. The van der Waals surface area contributed by atoms with Gasteiger partial charge in [0.05, 0.1) is 5.39 Å². The molecule has 0 N–H and O–H groups in total. The fourth-order valence-electron chi connectivity index (χ4n) is 3.28. The minimum absolute atomic E-state index is 0.0792. The summed E-state index contributed by atoms with van der Waals surface area (Å²) in [5.41, 5.74) is 0.262. The summed E-state index contributed by atoms with van der Waals surface area (Å²) < 4.78 is 1.45. The van der Waals surface area contributed by atoms with Crippen molar-refractivity contribution in [2.75, 3.05) is 32.7 Å². The van der Waals surface area contributed by atoms with E-state index in [9.17, 15) is 9.59 Å². The minimum Gasteiger partial charge on any atom is -0.335 e. The Balaban J connectivity index is 2.01. The monoisotopic (exact) mass is 342 g/mol. The quantitative estimate of drug-likeness (QED) is 0.851. The molecule has 0 atom stereocenters. The summed E-state index contributed by atoms with van der Waals surface area (Å²) in [6.45, 7) is 10.9. The van der Waals surface area contributed by atoms with Gasteiger partial charge in [-0.1, -0.05) is 39.0 Å². The molecule has 1 aliphatic heterocycles. The number of rotatable bonds is 4. The standard InChI is InChI=1S/C19H26N4O2/c1-4-21-9-11-22(12-10-21)19(25)17-15-7-5-6-8-16(15)18(24)23(20-17)13-14(2)3/h5-8,14H,4,9-13H2,1-3H3. The van der Waals surface area contributed by atoms with Crippen molar-refractivity contribution in [3.63, 3.8) is 0 Å². The normalized spacial score (nSPS) is 15.9. The molecule has 1 saturated heterocycles. The largest absolute Gasteiger partial charge is 0.335 e. The number of hydrogen-bond donors (Lipinski definition) is 0. The molecular formula is C19H26N4O2. The first kappa shape index (κ1) is 17.6. The number of amides is 1. The molecule has 3 rings (SSSR count). The molecule has 2 heterocycles. The number of benzene rings is 1. The third kappa shape index (κ3) is 3.58. The van der Waals surface area contributed by atoms with Crippen molar-refractivity contribution in [3.8, 4) is 0 Å². The van der Waals surface area contributed by atoms with Gasteiger partial charge in [0.2, 0.25) is 0 Å². The molecule has 6 heteroatoms. The third-order valence-electron chi connectivity index (χ3n) is 4.72.